The van der Waals surface area contributed by atoms with Gasteiger partial charge in [0.2, 0.25) is 0 Å². The summed E-state index contributed by atoms with van der Waals surface area (Å²) in [5.41, 5.74) is 2.15. The van der Waals surface area contributed by atoms with E-state index >= 15 is 0 Å². The lowest BCUT2D eigenvalue weighted by Crippen LogP contribution is -2.27. The molecule has 0 saturated carbocycles. The Kier molecular flexibility index (Phi) is 2.95. The van der Waals surface area contributed by atoms with Gasteiger partial charge in [-0.3, -0.25) is 4.98 Å². The number of aromatic nitrogens is 2. The van der Waals surface area contributed by atoms with Crippen LogP contribution >= 0.6 is 11.6 Å². The highest BCUT2D eigenvalue weighted by molar-refractivity contribution is 6.34. The summed E-state index contributed by atoms with van der Waals surface area (Å²) >= 11 is 6.10. The van der Waals surface area contributed by atoms with Gasteiger partial charge in [0, 0.05) is 29.4 Å². The molecule has 3 nitrogen and oxygen atoms in total. The van der Waals surface area contributed by atoms with Gasteiger partial charge in [-0.05, 0) is 31.5 Å². The molecular formula is C13H14ClN3. The Morgan fingerprint density at radius 2 is 2.24 bits per heavy atom. The lowest BCUT2D eigenvalue weighted by atomic mass is 9.97. The second kappa shape index (κ2) is 4.59. The zero-order chi connectivity index (χ0) is 11.7. The lowest BCUT2D eigenvalue weighted by molar-refractivity contribution is 0.413. The van der Waals surface area contributed by atoms with Crippen LogP contribution in [0.5, 0.6) is 0 Å². The van der Waals surface area contributed by atoms with Crippen LogP contribution in [0.2, 0.25) is 5.15 Å². The molecule has 0 unspecified atom stereocenters. The Balaban J connectivity index is 2.12. The second-order valence-electron chi connectivity index (χ2n) is 4.41. The number of fused-ring (bicyclic) bond motifs is 1. The Hall–Kier alpha value is -1.19. The third-order valence-corrected chi connectivity index (χ3v) is 3.61. The summed E-state index contributed by atoms with van der Waals surface area (Å²) in [6.07, 6.45) is 7.33. The van der Waals surface area contributed by atoms with Crippen molar-refractivity contribution in [3.8, 4) is 0 Å². The van der Waals surface area contributed by atoms with Crippen LogP contribution in [0.4, 0.5) is 0 Å². The zero-order valence-corrected chi connectivity index (χ0v) is 10.2. The van der Waals surface area contributed by atoms with Crippen LogP contribution < -0.4 is 5.32 Å². The van der Waals surface area contributed by atoms with Gasteiger partial charge in [-0.25, -0.2) is 4.98 Å². The lowest BCUT2D eigenvalue weighted by Gasteiger charge is -2.24. The van der Waals surface area contributed by atoms with E-state index in [1.165, 1.54) is 18.4 Å². The van der Waals surface area contributed by atoms with Crippen molar-refractivity contribution in [2.75, 3.05) is 6.54 Å². The van der Waals surface area contributed by atoms with Crippen LogP contribution in [0, 0.1) is 0 Å². The van der Waals surface area contributed by atoms with E-state index in [0.29, 0.717) is 11.2 Å². The average molecular weight is 248 g/mol. The van der Waals surface area contributed by atoms with Crippen molar-refractivity contribution in [2.24, 2.45) is 0 Å². The van der Waals surface area contributed by atoms with Gasteiger partial charge in [0.15, 0.2) is 0 Å². The third-order valence-electron chi connectivity index (χ3n) is 3.31. The van der Waals surface area contributed by atoms with Crippen LogP contribution in [0.15, 0.2) is 24.5 Å². The van der Waals surface area contributed by atoms with Crippen molar-refractivity contribution >= 4 is 22.5 Å². The highest BCUT2D eigenvalue weighted by Gasteiger charge is 2.18. The van der Waals surface area contributed by atoms with Crippen LogP contribution in [0.25, 0.3) is 10.9 Å². The summed E-state index contributed by atoms with van der Waals surface area (Å²) in [7, 11) is 0. The Labute approximate surface area is 105 Å². The monoisotopic (exact) mass is 247 g/mol. The van der Waals surface area contributed by atoms with Gasteiger partial charge in [-0.15, -0.1) is 0 Å². The molecule has 1 atom stereocenters. The molecule has 0 aromatic carbocycles. The molecule has 0 amide bonds. The summed E-state index contributed by atoms with van der Waals surface area (Å²) < 4.78 is 0. The summed E-state index contributed by atoms with van der Waals surface area (Å²) in [4.78, 5) is 8.72. The van der Waals surface area contributed by atoms with Crippen molar-refractivity contribution < 1.29 is 0 Å². The highest BCUT2D eigenvalue weighted by Crippen LogP contribution is 2.30. The van der Waals surface area contributed by atoms with E-state index in [1.54, 1.807) is 0 Å². The first-order valence-corrected chi connectivity index (χ1v) is 6.36. The summed E-state index contributed by atoms with van der Waals surface area (Å²) in [5, 5.41) is 5.00. The SMILES string of the molecule is Clc1ncc([C@@H]2CCCCN2)c2ncccc12. The largest absolute Gasteiger partial charge is 0.310 e. The number of nitrogens with one attached hydrogen (secondary N) is 1. The van der Waals surface area contributed by atoms with Gasteiger partial charge < -0.3 is 5.32 Å². The molecule has 1 aliphatic rings. The molecule has 2 aromatic rings. The van der Waals surface area contributed by atoms with Crippen LogP contribution in [0.3, 0.4) is 0 Å². The first kappa shape index (κ1) is 10.9. The maximum Gasteiger partial charge on any atom is 0.138 e. The fraction of sp³-hybridized carbons (Fsp3) is 0.385. The van der Waals surface area contributed by atoms with Crippen molar-refractivity contribution in [1.29, 1.82) is 0 Å². The zero-order valence-electron chi connectivity index (χ0n) is 9.49. The number of hydrogen-bond donors (Lipinski definition) is 1. The number of rotatable bonds is 1. The van der Waals surface area contributed by atoms with Gasteiger partial charge in [-0.1, -0.05) is 18.0 Å². The smallest absolute Gasteiger partial charge is 0.138 e. The van der Waals surface area contributed by atoms with E-state index in [-0.39, 0.29) is 0 Å². The number of pyridine rings is 2. The van der Waals surface area contributed by atoms with E-state index in [4.69, 9.17) is 11.6 Å². The number of nitrogens with zero attached hydrogens (tertiary/aromatic N) is 2. The second-order valence-corrected chi connectivity index (χ2v) is 4.76. The molecule has 3 heterocycles. The molecular weight excluding hydrogens is 234 g/mol. The topological polar surface area (TPSA) is 37.8 Å². The first-order chi connectivity index (χ1) is 8.36. The summed E-state index contributed by atoms with van der Waals surface area (Å²) in [6.45, 7) is 1.07. The van der Waals surface area contributed by atoms with Crippen molar-refractivity contribution in [3.05, 3.63) is 35.2 Å². The minimum atomic E-state index is 0.367. The maximum atomic E-state index is 6.10. The molecule has 1 aliphatic heterocycles. The molecule has 17 heavy (non-hydrogen) atoms. The Morgan fingerprint density at radius 3 is 3.06 bits per heavy atom. The average Bonchev–Trinajstić information content (AvgIpc) is 2.41. The molecule has 0 spiro atoms. The molecule has 0 bridgehead atoms. The van der Waals surface area contributed by atoms with Crippen LogP contribution in [-0.2, 0) is 0 Å². The predicted molar refractivity (Wildman–Crippen MR) is 69.1 cm³/mol. The Morgan fingerprint density at radius 1 is 1.29 bits per heavy atom. The highest BCUT2D eigenvalue weighted by atomic mass is 35.5. The van der Waals surface area contributed by atoms with Gasteiger partial charge >= 0.3 is 0 Å². The maximum absolute atomic E-state index is 6.10. The van der Waals surface area contributed by atoms with E-state index < -0.39 is 0 Å². The predicted octanol–water partition coefficient (Wildman–Crippen LogP) is 3.10. The first-order valence-electron chi connectivity index (χ1n) is 5.99. The Bertz CT molecular complexity index is 535. The molecule has 0 aliphatic carbocycles. The molecule has 3 rings (SSSR count). The van der Waals surface area contributed by atoms with E-state index in [0.717, 1.165) is 23.9 Å². The minimum absolute atomic E-state index is 0.367. The van der Waals surface area contributed by atoms with Gasteiger partial charge in [0.25, 0.3) is 0 Å². The van der Waals surface area contributed by atoms with E-state index in [2.05, 4.69) is 15.3 Å². The normalized spacial score (nSPS) is 20.6. The molecule has 1 fully saturated rings. The molecule has 4 heteroatoms. The fourth-order valence-corrected chi connectivity index (χ4v) is 2.63. The fourth-order valence-electron chi connectivity index (χ4n) is 2.43. The number of halogens is 1. The van der Waals surface area contributed by atoms with E-state index in [1.807, 2.05) is 24.5 Å². The summed E-state index contributed by atoms with van der Waals surface area (Å²) in [5.74, 6) is 0. The number of hydrogen-bond acceptors (Lipinski definition) is 3. The van der Waals surface area contributed by atoms with Crippen molar-refractivity contribution in [3.63, 3.8) is 0 Å². The van der Waals surface area contributed by atoms with Crippen molar-refractivity contribution in [2.45, 2.75) is 25.3 Å². The van der Waals surface area contributed by atoms with Crippen LogP contribution in [0.1, 0.15) is 30.9 Å². The molecule has 2 aromatic heterocycles. The molecule has 88 valence electrons. The third kappa shape index (κ3) is 2.01. The summed E-state index contributed by atoms with van der Waals surface area (Å²) in [6, 6.07) is 4.24. The van der Waals surface area contributed by atoms with Gasteiger partial charge in [-0.2, -0.15) is 0 Å². The van der Waals surface area contributed by atoms with Gasteiger partial charge in [0.05, 0.1) is 5.52 Å². The van der Waals surface area contributed by atoms with Gasteiger partial charge in [0.1, 0.15) is 5.15 Å². The standard InChI is InChI=1S/C13H14ClN3/c14-13-9-4-3-7-16-12(9)10(8-17-13)11-5-1-2-6-15-11/h3-4,7-8,11,15H,1-2,5-6H2/t11-/m0/s1. The minimum Gasteiger partial charge on any atom is -0.310 e. The molecule has 1 saturated heterocycles. The molecule has 0 radical (unpaired) electrons. The van der Waals surface area contributed by atoms with Crippen molar-refractivity contribution in [1.82, 2.24) is 15.3 Å². The molecule has 1 N–H and O–H groups in total. The number of piperidine rings is 1. The van der Waals surface area contributed by atoms with E-state index in [9.17, 15) is 0 Å². The van der Waals surface area contributed by atoms with Crippen LogP contribution in [-0.4, -0.2) is 16.5 Å². The quantitative estimate of drug-likeness (QED) is 0.787.